The Labute approximate surface area is 171 Å². The molecule has 3 heterocycles. The van der Waals surface area contributed by atoms with Crippen molar-refractivity contribution in [3.63, 3.8) is 0 Å². The molecule has 2 aromatic rings. The lowest BCUT2D eigenvalue weighted by atomic mass is 9.94. The van der Waals surface area contributed by atoms with Crippen molar-refractivity contribution in [2.45, 2.75) is 26.2 Å². The van der Waals surface area contributed by atoms with E-state index in [1.165, 1.54) is 18.0 Å². The molecule has 7 nitrogen and oxygen atoms in total. The highest BCUT2D eigenvalue weighted by Crippen LogP contribution is 2.33. The molecule has 0 spiro atoms. The zero-order chi connectivity index (χ0) is 20.1. The fourth-order valence-electron chi connectivity index (χ4n) is 4.11. The number of piperidine rings is 1. The second-order valence-electron chi connectivity index (χ2n) is 8.08. The highest BCUT2D eigenvalue weighted by molar-refractivity contribution is 5.93. The molecular formula is C22H28N4O3. The van der Waals surface area contributed by atoms with Crippen molar-refractivity contribution in [1.82, 2.24) is 20.4 Å². The SMILES string of the molecule is CC(Cc1ccc2c(c1)OCO2)CN1CCC(CNC(=O)c2ccnnc2)CC1. The van der Waals surface area contributed by atoms with Gasteiger partial charge in [-0.3, -0.25) is 4.79 Å². The zero-order valence-electron chi connectivity index (χ0n) is 16.8. The summed E-state index contributed by atoms with van der Waals surface area (Å²) in [6.07, 6.45) is 6.31. The Kier molecular flexibility index (Phi) is 6.24. The maximum Gasteiger partial charge on any atom is 0.252 e. The molecule has 2 aliphatic rings. The van der Waals surface area contributed by atoms with Gasteiger partial charge in [-0.05, 0) is 68.0 Å². The predicted molar refractivity (Wildman–Crippen MR) is 109 cm³/mol. The number of carbonyl (C=O) groups excluding carboxylic acids is 1. The minimum atomic E-state index is -0.0697. The summed E-state index contributed by atoms with van der Waals surface area (Å²) in [7, 11) is 0. The highest BCUT2D eigenvalue weighted by atomic mass is 16.7. The van der Waals surface area contributed by atoms with E-state index in [0.717, 1.165) is 56.9 Å². The Morgan fingerprint density at radius 1 is 1.21 bits per heavy atom. The number of fused-ring (bicyclic) bond motifs is 1. The molecule has 1 N–H and O–H groups in total. The van der Waals surface area contributed by atoms with Crippen molar-refractivity contribution in [1.29, 1.82) is 0 Å². The second kappa shape index (κ2) is 9.22. The van der Waals surface area contributed by atoms with Gasteiger partial charge in [0.25, 0.3) is 5.91 Å². The monoisotopic (exact) mass is 396 g/mol. The van der Waals surface area contributed by atoms with Gasteiger partial charge in [-0.2, -0.15) is 10.2 Å². The number of carbonyl (C=O) groups is 1. The zero-order valence-corrected chi connectivity index (χ0v) is 16.8. The lowest BCUT2D eigenvalue weighted by Gasteiger charge is -2.33. The number of ether oxygens (including phenoxy) is 2. The van der Waals surface area contributed by atoms with Crippen LogP contribution in [-0.4, -0.2) is 54.0 Å². The van der Waals surface area contributed by atoms with E-state index in [1.807, 2.05) is 6.07 Å². The van der Waals surface area contributed by atoms with Crippen LogP contribution in [0.4, 0.5) is 0 Å². The summed E-state index contributed by atoms with van der Waals surface area (Å²) < 4.78 is 10.9. The van der Waals surface area contributed by atoms with Crippen molar-refractivity contribution in [3.05, 3.63) is 47.8 Å². The molecule has 1 aromatic heterocycles. The predicted octanol–water partition coefficient (Wildman–Crippen LogP) is 2.53. The van der Waals surface area contributed by atoms with Crippen molar-refractivity contribution in [2.75, 3.05) is 33.0 Å². The Morgan fingerprint density at radius 3 is 2.83 bits per heavy atom. The molecule has 154 valence electrons. The number of likely N-dealkylation sites (tertiary alicyclic amines) is 1. The Bertz CT molecular complexity index is 822. The van der Waals surface area contributed by atoms with Crippen LogP contribution < -0.4 is 14.8 Å². The molecule has 1 atom stereocenters. The number of nitrogens with zero attached hydrogens (tertiary/aromatic N) is 3. The van der Waals surface area contributed by atoms with E-state index in [4.69, 9.17) is 9.47 Å². The van der Waals surface area contributed by atoms with Gasteiger partial charge in [0.1, 0.15) is 0 Å². The lowest BCUT2D eigenvalue weighted by molar-refractivity contribution is 0.0933. The van der Waals surface area contributed by atoms with Gasteiger partial charge in [-0.25, -0.2) is 0 Å². The minimum Gasteiger partial charge on any atom is -0.454 e. The lowest BCUT2D eigenvalue weighted by Crippen LogP contribution is -2.40. The van der Waals surface area contributed by atoms with Gasteiger partial charge < -0.3 is 19.7 Å². The molecule has 1 unspecified atom stereocenters. The first-order valence-electron chi connectivity index (χ1n) is 10.3. The Hall–Kier alpha value is -2.67. The molecule has 1 amide bonds. The van der Waals surface area contributed by atoms with Gasteiger partial charge in [0.05, 0.1) is 18.0 Å². The third-order valence-corrected chi connectivity index (χ3v) is 5.70. The molecule has 0 aliphatic carbocycles. The molecule has 0 saturated carbocycles. The molecule has 1 aromatic carbocycles. The van der Waals surface area contributed by atoms with E-state index in [1.54, 1.807) is 6.07 Å². The van der Waals surface area contributed by atoms with Gasteiger partial charge in [0.15, 0.2) is 11.5 Å². The Morgan fingerprint density at radius 2 is 2.03 bits per heavy atom. The summed E-state index contributed by atoms with van der Waals surface area (Å²) in [6.45, 7) is 6.62. The smallest absolute Gasteiger partial charge is 0.252 e. The number of hydrogen-bond donors (Lipinski definition) is 1. The quantitative estimate of drug-likeness (QED) is 0.775. The standard InChI is InChI=1S/C22H28N4O3/c1-16(10-18-2-3-20-21(11-18)29-15-28-20)14-26-8-5-17(6-9-26)12-23-22(27)19-4-7-24-25-13-19/h2-4,7,11,13,16-17H,5-6,8-10,12,14-15H2,1H3,(H,23,27). The largest absolute Gasteiger partial charge is 0.454 e. The normalized spacial score (nSPS) is 17.8. The van der Waals surface area contributed by atoms with E-state index in [0.29, 0.717) is 24.2 Å². The van der Waals surface area contributed by atoms with Gasteiger partial charge in [-0.15, -0.1) is 0 Å². The van der Waals surface area contributed by atoms with Crippen LogP contribution in [0.25, 0.3) is 0 Å². The Balaban J connectivity index is 1.17. The van der Waals surface area contributed by atoms with Crippen LogP contribution in [0.1, 0.15) is 35.7 Å². The number of nitrogens with one attached hydrogen (secondary N) is 1. The summed E-state index contributed by atoms with van der Waals surface area (Å²) in [5, 5.41) is 10.5. The number of rotatable bonds is 7. The summed E-state index contributed by atoms with van der Waals surface area (Å²) in [5.74, 6) is 2.75. The van der Waals surface area contributed by atoms with Crippen molar-refractivity contribution >= 4 is 5.91 Å². The maximum atomic E-state index is 12.1. The van der Waals surface area contributed by atoms with E-state index < -0.39 is 0 Å². The first kappa shape index (κ1) is 19.6. The van der Waals surface area contributed by atoms with Gasteiger partial charge in [0, 0.05) is 13.1 Å². The van der Waals surface area contributed by atoms with Crippen molar-refractivity contribution in [3.8, 4) is 11.5 Å². The molecule has 4 rings (SSSR count). The second-order valence-corrected chi connectivity index (χ2v) is 8.08. The van der Waals surface area contributed by atoms with Crippen molar-refractivity contribution in [2.24, 2.45) is 11.8 Å². The van der Waals surface area contributed by atoms with Crippen molar-refractivity contribution < 1.29 is 14.3 Å². The molecular weight excluding hydrogens is 368 g/mol. The number of hydrogen-bond acceptors (Lipinski definition) is 6. The van der Waals surface area contributed by atoms with E-state index in [9.17, 15) is 4.79 Å². The fraction of sp³-hybridized carbons (Fsp3) is 0.500. The first-order chi connectivity index (χ1) is 14.2. The summed E-state index contributed by atoms with van der Waals surface area (Å²) in [5.41, 5.74) is 1.86. The van der Waals surface area contributed by atoms with Gasteiger partial charge in [-0.1, -0.05) is 13.0 Å². The minimum absolute atomic E-state index is 0.0697. The number of benzene rings is 1. The van der Waals surface area contributed by atoms with E-state index >= 15 is 0 Å². The number of amides is 1. The van der Waals surface area contributed by atoms with Crippen LogP contribution in [0.15, 0.2) is 36.7 Å². The third kappa shape index (κ3) is 5.23. The maximum absolute atomic E-state index is 12.1. The molecule has 2 aliphatic heterocycles. The molecule has 0 bridgehead atoms. The fourth-order valence-corrected chi connectivity index (χ4v) is 4.11. The average Bonchev–Trinajstić information content (AvgIpc) is 3.21. The van der Waals surface area contributed by atoms with E-state index in [2.05, 4.69) is 39.5 Å². The molecule has 1 fully saturated rings. The summed E-state index contributed by atoms with van der Waals surface area (Å²) >= 11 is 0. The van der Waals surface area contributed by atoms with Crippen LogP contribution in [0.5, 0.6) is 11.5 Å². The highest BCUT2D eigenvalue weighted by Gasteiger charge is 2.22. The van der Waals surface area contributed by atoms with Gasteiger partial charge >= 0.3 is 0 Å². The van der Waals surface area contributed by atoms with Gasteiger partial charge in [0.2, 0.25) is 6.79 Å². The van der Waals surface area contributed by atoms with Crippen LogP contribution in [0.2, 0.25) is 0 Å². The molecule has 7 heteroatoms. The average molecular weight is 396 g/mol. The number of aromatic nitrogens is 2. The van der Waals surface area contributed by atoms with Crippen LogP contribution >= 0.6 is 0 Å². The molecule has 1 saturated heterocycles. The summed E-state index contributed by atoms with van der Waals surface area (Å²) in [6, 6.07) is 7.93. The molecule has 29 heavy (non-hydrogen) atoms. The van der Waals surface area contributed by atoms with Crippen LogP contribution in [0, 0.1) is 11.8 Å². The third-order valence-electron chi connectivity index (χ3n) is 5.70. The summed E-state index contributed by atoms with van der Waals surface area (Å²) in [4.78, 5) is 14.7. The topological polar surface area (TPSA) is 76.6 Å². The van der Waals surface area contributed by atoms with Crippen LogP contribution in [-0.2, 0) is 6.42 Å². The van der Waals surface area contributed by atoms with Crippen LogP contribution in [0.3, 0.4) is 0 Å². The molecule has 0 radical (unpaired) electrons. The first-order valence-corrected chi connectivity index (χ1v) is 10.3. The van der Waals surface area contributed by atoms with E-state index in [-0.39, 0.29) is 5.91 Å².